The second-order valence-corrected chi connectivity index (χ2v) is 3.72. The quantitative estimate of drug-likeness (QED) is 0.446. The highest BCUT2D eigenvalue weighted by Gasteiger charge is 2.02. The molecule has 0 heterocycles. The first-order chi connectivity index (χ1) is 7.81. The van der Waals surface area contributed by atoms with Crippen LogP contribution >= 0.6 is 11.8 Å². The van der Waals surface area contributed by atoms with Gasteiger partial charge in [0.05, 0.1) is 0 Å². The number of rotatable bonds is 5. The molecule has 0 unspecified atom stereocenters. The van der Waals surface area contributed by atoms with Gasteiger partial charge in [-0.2, -0.15) is 0 Å². The first kappa shape index (κ1) is 12.5. The molecule has 0 aliphatic rings. The first-order valence-electron chi connectivity index (χ1n) is 4.71. The molecule has 16 heavy (non-hydrogen) atoms. The second-order valence-electron chi connectivity index (χ2n) is 2.92. The van der Waals surface area contributed by atoms with E-state index in [0.717, 1.165) is 16.2 Å². The molecule has 0 fully saturated rings. The highest BCUT2D eigenvalue weighted by Crippen LogP contribution is 2.14. The molecule has 0 amide bonds. The van der Waals surface area contributed by atoms with E-state index in [1.807, 2.05) is 30.5 Å². The van der Waals surface area contributed by atoms with Crippen molar-refractivity contribution in [1.29, 1.82) is 0 Å². The minimum Gasteiger partial charge on any atom is -0.391 e. The number of hydrogen-bond acceptors (Lipinski definition) is 4. The number of hydrogen-bond donors (Lipinski definition) is 0. The monoisotopic (exact) mass is 234 g/mol. The zero-order valence-corrected chi connectivity index (χ0v) is 10.0. The summed E-state index contributed by atoms with van der Waals surface area (Å²) < 4.78 is 0. The molecule has 0 atom stereocenters. The standard InChI is InChI=1S/C12H14N2OS/c1-4-14-12(16-3)11-7-5-6-10(8-11)9-15-13-2/h4-8H,1-2,9H2,3H3. The summed E-state index contributed by atoms with van der Waals surface area (Å²) in [5.41, 5.74) is 2.09. The molecule has 84 valence electrons. The molecule has 0 saturated heterocycles. The fourth-order valence-electron chi connectivity index (χ4n) is 1.24. The van der Waals surface area contributed by atoms with Crippen molar-refractivity contribution in [2.45, 2.75) is 6.61 Å². The average molecular weight is 234 g/mol. The van der Waals surface area contributed by atoms with E-state index in [0.29, 0.717) is 6.61 Å². The molecule has 1 aromatic carbocycles. The van der Waals surface area contributed by atoms with Crippen molar-refractivity contribution in [2.24, 2.45) is 10.1 Å². The lowest BCUT2D eigenvalue weighted by atomic mass is 10.1. The molecule has 3 nitrogen and oxygen atoms in total. The van der Waals surface area contributed by atoms with Crippen LogP contribution in [0.3, 0.4) is 0 Å². The van der Waals surface area contributed by atoms with Crippen molar-refractivity contribution >= 4 is 23.5 Å². The van der Waals surface area contributed by atoms with Crippen LogP contribution < -0.4 is 0 Å². The van der Waals surface area contributed by atoms with Crippen molar-refractivity contribution in [1.82, 2.24) is 0 Å². The third-order valence-electron chi connectivity index (χ3n) is 1.90. The summed E-state index contributed by atoms with van der Waals surface area (Å²) in [6, 6.07) is 7.96. The van der Waals surface area contributed by atoms with E-state index in [2.05, 4.69) is 23.4 Å². The minimum absolute atomic E-state index is 0.424. The number of oxime groups is 1. The molecule has 1 rings (SSSR count). The summed E-state index contributed by atoms with van der Waals surface area (Å²) in [5.74, 6) is 0. The maximum Gasteiger partial charge on any atom is 0.142 e. The van der Waals surface area contributed by atoms with Gasteiger partial charge in [-0.3, -0.25) is 0 Å². The average Bonchev–Trinajstić information content (AvgIpc) is 2.33. The van der Waals surface area contributed by atoms with E-state index in [9.17, 15) is 0 Å². The Hall–Kier alpha value is -1.55. The Morgan fingerprint density at radius 1 is 1.56 bits per heavy atom. The topological polar surface area (TPSA) is 34.0 Å². The molecule has 0 aliphatic carbocycles. The van der Waals surface area contributed by atoms with E-state index in [1.165, 1.54) is 0 Å². The summed E-state index contributed by atoms with van der Waals surface area (Å²) in [7, 11) is 0. The normalized spacial score (nSPS) is 10.9. The summed E-state index contributed by atoms with van der Waals surface area (Å²) in [6.07, 6.45) is 3.52. The SMILES string of the molecule is C=CN=C(SC)c1cccc(CON=C)c1. The van der Waals surface area contributed by atoms with Crippen LogP contribution in [0.15, 0.2) is 47.2 Å². The van der Waals surface area contributed by atoms with Crippen LogP contribution in [0.4, 0.5) is 0 Å². The van der Waals surface area contributed by atoms with Gasteiger partial charge in [0.25, 0.3) is 0 Å². The Morgan fingerprint density at radius 2 is 2.38 bits per heavy atom. The summed E-state index contributed by atoms with van der Waals surface area (Å²) >= 11 is 1.58. The molecule has 4 heteroatoms. The number of benzene rings is 1. The van der Waals surface area contributed by atoms with Gasteiger partial charge in [0, 0.05) is 18.5 Å². The molecular weight excluding hydrogens is 220 g/mol. The molecule has 0 spiro atoms. The molecule has 1 aromatic rings. The first-order valence-corrected chi connectivity index (χ1v) is 5.94. The van der Waals surface area contributed by atoms with Gasteiger partial charge in [0.2, 0.25) is 0 Å². The molecule has 0 radical (unpaired) electrons. The smallest absolute Gasteiger partial charge is 0.142 e. The summed E-state index contributed by atoms with van der Waals surface area (Å²) in [6.45, 7) is 7.29. The maximum absolute atomic E-state index is 4.89. The van der Waals surface area contributed by atoms with Crippen molar-refractivity contribution in [2.75, 3.05) is 6.26 Å². The van der Waals surface area contributed by atoms with Crippen LogP contribution in [0.1, 0.15) is 11.1 Å². The fourth-order valence-corrected chi connectivity index (χ4v) is 1.78. The van der Waals surface area contributed by atoms with Crippen molar-refractivity contribution < 1.29 is 4.84 Å². The largest absolute Gasteiger partial charge is 0.391 e. The fraction of sp³-hybridized carbons (Fsp3) is 0.167. The Morgan fingerprint density at radius 3 is 3.00 bits per heavy atom. The molecule has 0 bridgehead atoms. The van der Waals surface area contributed by atoms with Crippen LogP contribution in [-0.2, 0) is 11.4 Å². The number of aliphatic imine (C=N–C) groups is 1. The molecule has 0 N–H and O–H groups in total. The third kappa shape index (κ3) is 3.55. The van der Waals surface area contributed by atoms with Crippen molar-refractivity contribution in [3.05, 3.63) is 48.2 Å². The Balaban J connectivity index is 2.91. The van der Waals surface area contributed by atoms with Gasteiger partial charge >= 0.3 is 0 Å². The van der Waals surface area contributed by atoms with E-state index in [-0.39, 0.29) is 0 Å². The Bertz CT molecular complexity index is 402. The van der Waals surface area contributed by atoms with Crippen molar-refractivity contribution in [3.8, 4) is 0 Å². The Labute approximate surface area is 99.9 Å². The van der Waals surface area contributed by atoms with E-state index in [4.69, 9.17) is 4.84 Å². The van der Waals surface area contributed by atoms with Gasteiger partial charge in [-0.25, -0.2) is 4.99 Å². The lowest BCUT2D eigenvalue weighted by molar-refractivity contribution is 0.133. The predicted octanol–water partition coefficient (Wildman–Crippen LogP) is 3.07. The van der Waals surface area contributed by atoms with E-state index < -0.39 is 0 Å². The minimum atomic E-state index is 0.424. The maximum atomic E-state index is 4.89. The van der Waals surface area contributed by atoms with Crippen LogP contribution in [0.5, 0.6) is 0 Å². The van der Waals surface area contributed by atoms with Crippen LogP contribution in [-0.4, -0.2) is 18.0 Å². The molecule has 0 aliphatic heterocycles. The predicted molar refractivity (Wildman–Crippen MR) is 71.0 cm³/mol. The Kier molecular flexibility index (Phi) is 5.36. The van der Waals surface area contributed by atoms with E-state index >= 15 is 0 Å². The van der Waals surface area contributed by atoms with Gasteiger partial charge in [0.15, 0.2) is 0 Å². The van der Waals surface area contributed by atoms with Crippen LogP contribution in [0.25, 0.3) is 0 Å². The van der Waals surface area contributed by atoms with Gasteiger partial charge < -0.3 is 4.84 Å². The van der Waals surface area contributed by atoms with Crippen LogP contribution in [0, 0.1) is 0 Å². The molecule has 0 aromatic heterocycles. The lowest BCUT2D eigenvalue weighted by Gasteiger charge is -2.05. The highest BCUT2D eigenvalue weighted by molar-refractivity contribution is 8.13. The van der Waals surface area contributed by atoms with Gasteiger partial charge in [0.1, 0.15) is 11.7 Å². The number of thioether (sulfide) groups is 1. The lowest BCUT2D eigenvalue weighted by Crippen LogP contribution is -1.96. The second kappa shape index (κ2) is 6.85. The zero-order chi connectivity index (χ0) is 11.8. The van der Waals surface area contributed by atoms with Crippen molar-refractivity contribution in [3.63, 3.8) is 0 Å². The third-order valence-corrected chi connectivity index (χ3v) is 2.63. The van der Waals surface area contributed by atoms with Gasteiger partial charge in [-0.1, -0.05) is 24.8 Å². The van der Waals surface area contributed by atoms with Gasteiger partial charge in [-0.15, -0.1) is 16.9 Å². The highest BCUT2D eigenvalue weighted by atomic mass is 32.2. The zero-order valence-electron chi connectivity index (χ0n) is 9.22. The van der Waals surface area contributed by atoms with Crippen LogP contribution in [0.2, 0.25) is 0 Å². The van der Waals surface area contributed by atoms with Gasteiger partial charge in [-0.05, 0) is 17.9 Å². The summed E-state index contributed by atoms with van der Waals surface area (Å²) in [4.78, 5) is 9.10. The molecular formula is C12H14N2OS. The number of nitrogens with zero attached hydrogens (tertiary/aromatic N) is 2. The van der Waals surface area contributed by atoms with E-state index in [1.54, 1.807) is 18.0 Å². The summed E-state index contributed by atoms with van der Waals surface area (Å²) in [5, 5.41) is 4.29. The molecule has 0 saturated carbocycles.